The van der Waals surface area contributed by atoms with Crippen LogP contribution < -0.4 is 4.90 Å². The second kappa shape index (κ2) is 5.78. The number of rotatable bonds is 4. The first kappa shape index (κ1) is 14.1. The van der Waals surface area contributed by atoms with Gasteiger partial charge in [0.2, 0.25) is 0 Å². The zero-order chi connectivity index (χ0) is 14.7. The molecule has 0 aliphatic heterocycles. The predicted molar refractivity (Wildman–Crippen MR) is 82.0 cm³/mol. The van der Waals surface area contributed by atoms with Gasteiger partial charge in [-0.2, -0.15) is 0 Å². The SMILES string of the molecule is CCN(c1ccccc1C)c1ccc(C(=O)O)cc1C. The highest BCUT2D eigenvalue weighted by Crippen LogP contribution is 2.30. The van der Waals surface area contributed by atoms with Crippen LogP contribution in [0.1, 0.15) is 28.4 Å². The molecule has 0 fully saturated rings. The molecule has 2 rings (SSSR count). The fraction of sp³-hybridized carbons (Fsp3) is 0.235. The molecule has 0 saturated heterocycles. The number of carbonyl (C=O) groups is 1. The number of benzene rings is 2. The van der Waals surface area contributed by atoms with Crippen LogP contribution in [0.4, 0.5) is 11.4 Å². The second-order valence-electron chi connectivity index (χ2n) is 4.84. The first-order chi connectivity index (χ1) is 9.54. The Balaban J connectivity index is 2.48. The number of hydrogen-bond acceptors (Lipinski definition) is 2. The van der Waals surface area contributed by atoms with Crippen molar-refractivity contribution in [2.75, 3.05) is 11.4 Å². The minimum absolute atomic E-state index is 0.326. The molecule has 0 heterocycles. The van der Waals surface area contributed by atoms with E-state index in [1.54, 1.807) is 12.1 Å². The lowest BCUT2D eigenvalue weighted by Crippen LogP contribution is -2.18. The number of nitrogens with zero attached hydrogens (tertiary/aromatic N) is 1. The summed E-state index contributed by atoms with van der Waals surface area (Å²) in [4.78, 5) is 13.2. The van der Waals surface area contributed by atoms with Crippen molar-refractivity contribution in [2.24, 2.45) is 0 Å². The lowest BCUT2D eigenvalue weighted by atomic mass is 10.1. The average molecular weight is 269 g/mol. The summed E-state index contributed by atoms with van der Waals surface area (Å²) in [6.45, 7) is 6.96. The number of aromatic carboxylic acids is 1. The number of carboxylic acids is 1. The van der Waals surface area contributed by atoms with Gasteiger partial charge in [-0.1, -0.05) is 18.2 Å². The van der Waals surface area contributed by atoms with E-state index in [2.05, 4.69) is 30.9 Å². The standard InChI is InChI=1S/C17H19NO2/c1-4-18(15-8-6-5-7-12(15)2)16-10-9-14(17(19)20)11-13(16)3/h5-11H,4H2,1-3H3,(H,19,20). The molecule has 0 amide bonds. The van der Waals surface area contributed by atoms with Gasteiger partial charge in [0.15, 0.2) is 0 Å². The third kappa shape index (κ3) is 2.67. The van der Waals surface area contributed by atoms with Crippen LogP contribution in [0.25, 0.3) is 0 Å². The number of anilines is 2. The van der Waals surface area contributed by atoms with Gasteiger partial charge in [0.1, 0.15) is 0 Å². The molecule has 3 nitrogen and oxygen atoms in total. The number of hydrogen-bond donors (Lipinski definition) is 1. The number of para-hydroxylation sites is 1. The van der Waals surface area contributed by atoms with Crippen molar-refractivity contribution in [1.29, 1.82) is 0 Å². The molecule has 0 unspecified atom stereocenters. The molecule has 2 aromatic rings. The summed E-state index contributed by atoms with van der Waals surface area (Å²) in [5, 5.41) is 9.04. The Morgan fingerprint density at radius 1 is 1.05 bits per heavy atom. The summed E-state index contributed by atoms with van der Waals surface area (Å²) in [6.07, 6.45) is 0. The first-order valence-corrected chi connectivity index (χ1v) is 6.71. The fourth-order valence-electron chi connectivity index (χ4n) is 2.43. The maximum absolute atomic E-state index is 11.0. The molecule has 2 aromatic carbocycles. The molecule has 0 saturated carbocycles. The van der Waals surface area contributed by atoms with E-state index in [4.69, 9.17) is 5.11 Å². The highest BCUT2D eigenvalue weighted by atomic mass is 16.4. The van der Waals surface area contributed by atoms with Crippen molar-refractivity contribution in [2.45, 2.75) is 20.8 Å². The average Bonchev–Trinajstić information content (AvgIpc) is 2.43. The zero-order valence-electron chi connectivity index (χ0n) is 12.1. The molecule has 20 heavy (non-hydrogen) atoms. The molecule has 1 N–H and O–H groups in total. The molecule has 3 heteroatoms. The van der Waals surface area contributed by atoms with Crippen LogP contribution in [0.15, 0.2) is 42.5 Å². The van der Waals surface area contributed by atoms with Crippen molar-refractivity contribution < 1.29 is 9.90 Å². The zero-order valence-corrected chi connectivity index (χ0v) is 12.1. The van der Waals surface area contributed by atoms with Gasteiger partial charge in [-0.05, 0) is 56.2 Å². The highest BCUT2D eigenvalue weighted by molar-refractivity contribution is 5.89. The molecule has 104 valence electrons. The van der Waals surface area contributed by atoms with E-state index in [1.807, 2.05) is 25.1 Å². The van der Waals surface area contributed by atoms with Crippen molar-refractivity contribution in [3.05, 3.63) is 59.2 Å². The van der Waals surface area contributed by atoms with Crippen molar-refractivity contribution in [3.63, 3.8) is 0 Å². The maximum atomic E-state index is 11.0. The van der Waals surface area contributed by atoms with Crippen molar-refractivity contribution >= 4 is 17.3 Å². The van der Waals surface area contributed by atoms with Crippen LogP contribution in [0, 0.1) is 13.8 Å². The molecule has 0 aliphatic rings. The Kier molecular flexibility index (Phi) is 4.08. The molecule has 0 radical (unpaired) electrons. The van der Waals surface area contributed by atoms with E-state index in [0.717, 1.165) is 23.5 Å². The molecule has 0 bridgehead atoms. The maximum Gasteiger partial charge on any atom is 0.335 e. The van der Waals surface area contributed by atoms with Gasteiger partial charge in [0.05, 0.1) is 5.56 Å². The molecular weight excluding hydrogens is 250 g/mol. The number of carboxylic acid groups (broad SMARTS) is 1. The van der Waals surface area contributed by atoms with Crippen LogP contribution in [-0.2, 0) is 0 Å². The van der Waals surface area contributed by atoms with Gasteiger partial charge in [0, 0.05) is 17.9 Å². The Hall–Kier alpha value is -2.29. The normalized spacial score (nSPS) is 10.3. The molecule has 0 aromatic heterocycles. The van der Waals surface area contributed by atoms with Crippen LogP contribution in [0.2, 0.25) is 0 Å². The summed E-state index contributed by atoms with van der Waals surface area (Å²) >= 11 is 0. The molecule has 0 spiro atoms. The summed E-state index contributed by atoms with van der Waals surface area (Å²) in [5.41, 5.74) is 4.70. The minimum Gasteiger partial charge on any atom is -0.478 e. The number of aryl methyl sites for hydroxylation is 2. The van der Waals surface area contributed by atoms with E-state index in [-0.39, 0.29) is 0 Å². The largest absolute Gasteiger partial charge is 0.478 e. The second-order valence-corrected chi connectivity index (χ2v) is 4.84. The lowest BCUT2D eigenvalue weighted by molar-refractivity contribution is 0.0697. The lowest BCUT2D eigenvalue weighted by Gasteiger charge is -2.27. The van der Waals surface area contributed by atoms with E-state index in [1.165, 1.54) is 5.56 Å². The van der Waals surface area contributed by atoms with E-state index >= 15 is 0 Å². The topological polar surface area (TPSA) is 40.5 Å². The van der Waals surface area contributed by atoms with Crippen LogP contribution >= 0.6 is 0 Å². The van der Waals surface area contributed by atoms with Crippen LogP contribution in [0.5, 0.6) is 0 Å². The third-order valence-electron chi connectivity index (χ3n) is 3.46. The quantitative estimate of drug-likeness (QED) is 0.906. The molecule has 0 aliphatic carbocycles. The van der Waals surface area contributed by atoms with Crippen molar-refractivity contribution in [1.82, 2.24) is 0 Å². The highest BCUT2D eigenvalue weighted by Gasteiger charge is 2.13. The van der Waals surface area contributed by atoms with Gasteiger partial charge in [0.25, 0.3) is 0 Å². The Labute approximate surface area is 119 Å². The van der Waals surface area contributed by atoms with E-state index in [0.29, 0.717) is 5.56 Å². The predicted octanol–water partition coefficient (Wildman–Crippen LogP) is 4.16. The van der Waals surface area contributed by atoms with E-state index in [9.17, 15) is 4.79 Å². The Morgan fingerprint density at radius 2 is 1.70 bits per heavy atom. The monoisotopic (exact) mass is 269 g/mol. The Bertz CT molecular complexity index is 635. The minimum atomic E-state index is -0.890. The van der Waals surface area contributed by atoms with Gasteiger partial charge in [-0.3, -0.25) is 0 Å². The summed E-state index contributed by atoms with van der Waals surface area (Å²) in [7, 11) is 0. The van der Waals surface area contributed by atoms with Crippen molar-refractivity contribution in [3.8, 4) is 0 Å². The summed E-state index contributed by atoms with van der Waals surface area (Å²) < 4.78 is 0. The fourth-order valence-corrected chi connectivity index (χ4v) is 2.43. The third-order valence-corrected chi connectivity index (χ3v) is 3.46. The van der Waals surface area contributed by atoms with E-state index < -0.39 is 5.97 Å². The Morgan fingerprint density at radius 3 is 2.25 bits per heavy atom. The van der Waals surface area contributed by atoms with Crippen LogP contribution in [-0.4, -0.2) is 17.6 Å². The summed E-state index contributed by atoms with van der Waals surface area (Å²) in [6, 6.07) is 13.5. The van der Waals surface area contributed by atoms with Gasteiger partial charge in [-0.25, -0.2) is 4.79 Å². The van der Waals surface area contributed by atoms with Gasteiger partial charge in [-0.15, -0.1) is 0 Å². The molecular formula is C17H19NO2. The van der Waals surface area contributed by atoms with Crippen LogP contribution in [0.3, 0.4) is 0 Å². The smallest absolute Gasteiger partial charge is 0.335 e. The van der Waals surface area contributed by atoms with Gasteiger partial charge < -0.3 is 10.0 Å². The summed E-state index contributed by atoms with van der Waals surface area (Å²) in [5.74, 6) is -0.890. The van der Waals surface area contributed by atoms with Gasteiger partial charge >= 0.3 is 5.97 Å². The first-order valence-electron chi connectivity index (χ1n) is 6.71. The molecule has 0 atom stereocenters.